The highest BCUT2D eigenvalue weighted by atomic mass is 127. The Bertz CT molecular complexity index is 454. The number of halogens is 2. The Balaban J connectivity index is 2.41. The molecule has 1 unspecified atom stereocenters. The maximum atomic E-state index is 10.1. The summed E-state index contributed by atoms with van der Waals surface area (Å²) in [5, 5.41) is 10.1. The molecule has 0 fully saturated rings. The van der Waals surface area contributed by atoms with Crippen LogP contribution in [0.2, 0.25) is 0 Å². The molecule has 1 aromatic heterocycles. The van der Waals surface area contributed by atoms with E-state index in [2.05, 4.69) is 38.5 Å². The van der Waals surface area contributed by atoms with E-state index in [0.717, 1.165) is 19.2 Å². The Labute approximate surface area is 110 Å². The van der Waals surface area contributed by atoms with Crippen LogP contribution in [0, 0.1) is 3.57 Å². The minimum Gasteiger partial charge on any atom is -0.472 e. The third-order valence-electron chi connectivity index (χ3n) is 2.11. The van der Waals surface area contributed by atoms with Crippen LogP contribution in [0.3, 0.4) is 0 Å². The van der Waals surface area contributed by atoms with Crippen LogP contribution in [0.1, 0.15) is 17.2 Å². The second-order valence-electron chi connectivity index (χ2n) is 3.13. The van der Waals surface area contributed by atoms with Gasteiger partial charge in [-0.2, -0.15) is 0 Å². The summed E-state index contributed by atoms with van der Waals surface area (Å²) < 4.78 is 6.94. The maximum absolute atomic E-state index is 10.1. The summed E-state index contributed by atoms with van der Waals surface area (Å²) in [5.41, 5.74) is 1.61. The van der Waals surface area contributed by atoms with Crippen molar-refractivity contribution in [1.29, 1.82) is 0 Å². The first-order chi connectivity index (χ1) is 7.18. The van der Waals surface area contributed by atoms with Crippen molar-refractivity contribution in [2.24, 2.45) is 0 Å². The van der Waals surface area contributed by atoms with Crippen LogP contribution in [-0.4, -0.2) is 5.11 Å². The van der Waals surface area contributed by atoms with Gasteiger partial charge in [0.1, 0.15) is 6.10 Å². The lowest BCUT2D eigenvalue weighted by molar-refractivity contribution is 0.218. The van der Waals surface area contributed by atoms with Gasteiger partial charge < -0.3 is 9.52 Å². The molecule has 2 aromatic rings. The molecule has 4 heteroatoms. The van der Waals surface area contributed by atoms with Gasteiger partial charge in [0.05, 0.1) is 12.5 Å². The second kappa shape index (κ2) is 4.67. The Morgan fingerprint density at radius 3 is 2.80 bits per heavy atom. The number of furan rings is 1. The van der Waals surface area contributed by atoms with Gasteiger partial charge in [0.25, 0.3) is 0 Å². The van der Waals surface area contributed by atoms with Crippen molar-refractivity contribution >= 4 is 38.5 Å². The molecular formula is C11H8BrIO2. The van der Waals surface area contributed by atoms with Crippen molar-refractivity contribution in [2.75, 3.05) is 0 Å². The lowest BCUT2D eigenvalue weighted by Gasteiger charge is -2.11. The molecule has 1 heterocycles. The fourth-order valence-electron chi connectivity index (χ4n) is 1.33. The number of rotatable bonds is 2. The van der Waals surface area contributed by atoms with Gasteiger partial charge in [-0.15, -0.1) is 0 Å². The number of aliphatic hydroxyl groups is 1. The zero-order chi connectivity index (χ0) is 10.8. The minimum absolute atomic E-state index is 0.646. The van der Waals surface area contributed by atoms with Gasteiger partial charge in [-0.25, -0.2) is 0 Å². The molecule has 1 N–H and O–H groups in total. The van der Waals surface area contributed by atoms with E-state index in [0.29, 0.717) is 0 Å². The second-order valence-corrected chi connectivity index (χ2v) is 5.23. The van der Waals surface area contributed by atoms with Crippen LogP contribution in [0.4, 0.5) is 0 Å². The van der Waals surface area contributed by atoms with Gasteiger partial charge in [0.15, 0.2) is 0 Å². The molecule has 2 nitrogen and oxygen atoms in total. The van der Waals surface area contributed by atoms with E-state index in [1.807, 2.05) is 18.2 Å². The molecule has 0 aliphatic rings. The summed E-state index contributed by atoms with van der Waals surface area (Å²) in [6, 6.07) is 7.62. The summed E-state index contributed by atoms with van der Waals surface area (Å²) in [5.74, 6) is 0. The van der Waals surface area contributed by atoms with E-state index in [-0.39, 0.29) is 0 Å². The Hall–Kier alpha value is -0.330. The summed E-state index contributed by atoms with van der Waals surface area (Å²) >= 11 is 5.64. The molecule has 0 bridgehead atoms. The predicted octanol–water partition coefficient (Wildman–Crippen LogP) is 3.73. The monoisotopic (exact) mass is 378 g/mol. The van der Waals surface area contributed by atoms with Crippen LogP contribution in [0.5, 0.6) is 0 Å². The normalized spacial score (nSPS) is 12.7. The minimum atomic E-state index is -0.646. The van der Waals surface area contributed by atoms with Gasteiger partial charge in [0, 0.05) is 19.2 Å². The Kier molecular flexibility index (Phi) is 3.48. The molecule has 0 aliphatic heterocycles. The fourth-order valence-corrected chi connectivity index (χ4v) is 2.31. The van der Waals surface area contributed by atoms with Crippen LogP contribution >= 0.6 is 38.5 Å². The van der Waals surface area contributed by atoms with Gasteiger partial charge in [-0.05, 0) is 46.9 Å². The SMILES string of the molecule is OC(c1ccoc1)c1cc(I)ccc1Br. The molecule has 0 aliphatic carbocycles. The van der Waals surface area contributed by atoms with Crippen molar-refractivity contribution < 1.29 is 9.52 Å². The van der Waals surface area contributed by atoms with Gasteiger partial charge in [-0.1, -0.05) is 15.9 Å². The van der Waals surface area contributed by atoms with Crippen molar-refractivity contribution in [1.82, 2.24) is 0 Å². The van der Waals surface area contributed by atoms with E-state index in [9.17, 15) is 5.11 Å². The quantitative estimate of drug-likeness (QED) is 0.808. The van der Waals surface area contributed by atoms with E-state index in [4.69, 9.17) is 4.42 Å². The average molecular weight is 379 g/mol. The molecule has 1 atom stereocenters. The van der Waals surface area contributed by atoms with Crippen LogP contribution in [0.15, 0.2) is 45.7 Å². The summed E-state index contributed by atoms with van der Waals surface area (Å²) in [7, 11) is 0. The third-order valence-corrected chi connectivity index (χ3v) is 3.50. The fraction of sp³-hybridized carbons (Fsp3) is 0.0909. The molecule has 0 spiro atoms. The largest absolute Gasteiger partial charge is 0.472 e. The standard InChI is InChI=1S/C11H8BrIO2/c12-10-2-1-8(13)5-9(10)11(14)7-3-4-15-6-7/h1-6,11,14H. The number of hydrogen-bond donors (Lipinski definition) is 1. The van der Waals surface area contributed by atoms with Crippen molar-refractivity contribution in [3.63, 3.8) is 0 Å². The van der Waals surface area contributed by atoms with Crippen LogP contribution in [-0.2, 0) is 0 Å². The van der Waals surface area contributed by atoms with Gasteiger partial charge in [-0.3, -0.25) is 0 Å². The van der Waals surface area contributed by atoms with E-state index >= 15 is 0 Å². The first-order valence-electron chi connectivity index (χ1n) is 4.33. The molecule has 1 aromatic carbocycles. The van der Waals surface area contributed by atoms with Crippen molar-refractivity contribution in [3.8, 4) is 0 Å². The smallest absolute Gasteiger partial charge is 0.108 e. The number of hydrogen-bond acceptors (Lipinski definition) is 2. The third kappa shape index (κ3) is 2.43. The zero-order valence-corrected chi connectivity index (χ0v) is 11.4. The average Bonchev–Trinajstić information content (AvgIpc) is 2.74. The van der Waals surface area contributed by atoms with E-state index in [1.54, 1.807) is 18.6 Å². The molecule has 2 rings (SSSR count). The molecule has 0 saturated heterocycles. The highest BCUT2D eigenvalue weighted by Crippen LogP contribution is 2.29. The zero-order valence-electron chi connectivity index (χ0n) is 7.65. The molecule has 0 amide bonds. The van der Waals surface area contributed by atoms with Crippen molar-refractivity contribution in [2.45, 2.75) is 6.10 Å². The predicted molar refractivity (Wildman–Crippen MR) is 69.6 cm³/mol. The molecule has 0 radical (unpaired) electrons. The lowest BCUT2D eigenvalue weighted by atomic mass is 10.0. The summed E-state index contributed by atoms with van der Waals surface area (Å²) in [4.78, 5) is 0. The topological polar surface area (TPSA) is 33.4 Å². The Morgan fingerprint density at radius 1 is 1.33 bits per heavy atom. The molecule has 78 valence electrons. The highest BCUT2D eigenvalue weighted by Gasteiger charge is 2.14. The van der Waals surface area contributed by atoms with Crippen LogP contribution < -0.4 is 0 Å². The molecule has 0 saturated carbocycles. The molecule has 15 heavy (non-hydrogen) atoms. The Morgan fingerprint density at radius 2 is 2.13 bits per heavy atom. The highest BCUT2D eigenvalue weighted by molar-refractivity contribution is 14.1. The van der Waals surface area contributed by atoms with Crippen LogP contribution in [0.25, 0.3) is 0 Å². The van der Waals surface area contributed by atoms with Crippen molar-refractivity contribution in [3.05, 3.63) is 56.0 Å². The maximum Gasteiger partial charge on any atom is 0.108 e. The first kappa shape index (κ1) is 11.2. The van der Waals surface area contributed by atoms with E-state index < -0.39 is 6.10 Å². The first-order valence-corrected chi connectivity index (χ1v) is 6.21. The van der Waals surface area contributed by atoms with Gasteiger partial charge >= 0.3 is 0 Å². The summed E-state index contributed by atoms with van der Waals surface area (Å²) in [6.07, 6.45) is 2.46. The number of benzene rings is 1. The lowest BCUT2D eigenvalue weighted by Crippen LogP contribution is -1.99. The molecular weight excluding hydrogens is 371 g/mol. The van der Waals surface area contributed by atoms with Gasteiger partial charge in [0.2, 0.25) is 0 Å². The van der Waals surface area contributed by atoms with E-state index in [1.165, 1.54) is 0 Å². The summed E-state index contributed by atoms with van der Waals surface area (Å²) in [6.45, 7) is 0. The number of aliphatic hydroxyl groups excluding tert-OH is 1.